The molecule has 0 saturated heterocycles. The molecule has 0 aromatic carbocycles. The summed E-state index contributed by atoms with van der Waals surface area (Å²) < 4.78 is 1.20. The zero-order valence-electron chi connectivity index (χ0n) is 12.1. The van der Waals surface area contributed by atoms with Gasteiger partial charge in [-0.3, -0.25) is 0 Å². The van der Waals surface area contributed by atoms with Gasteiger partial charge >= 0.3 is 0 Å². The minimum atomic E-state index is 0.555. The SMILES string of the molecule is CC(Nc1ccc(I)cn1)C12CC3CC(CC(C3)C1)C2. The maximum absolute atomic E-state index is 4.53. The van der Waals surface area contributed by atoms with Crippen LogP contribution in [0.15, 0.2) is 18.3 Å². The number of aromatic nitrogens is 1. The molecule has 4 bridgehead atoms. The number of halogens is 1. The van der Waals surface area contributed by atoms with Gasteiger partial charge in [-0.2, -0.15) is 0 Å². The second-order valence-corrected chi connectivity index (χ2v) is 8.75. The molecule has 1 N–H and O–H groups in total. The summed E-state index contributed by atoms with van der Waals surface area (Å²) in [5.41, 5.74) is 0.555. The Kier molecular flexibility index (Phi) is 3.24. The summed E-state index contributed by atoms with van der Waals surface area (Å²) in [5.74, 6) is 4.12. The van der Waals surface area contributed by atoms with Crippen LogP contribution in [0.1, 0.15) is 45.4 Å². The molecule has 108 valence electrons. The van der Waals surface area contributed by atoms with Gasteiger partial charge in [0, 0.05) is 15.8 Å². The summed E-state index contributed by atoms with van der Waals surface area (Å²) in [6.45, 7) is 2.40. The molecule has 0 radical (unpaired) electrons. The van der Waals surface area contributed by atoms with Crippen LogP contribution in [0.2, 0.25) is 0 Å². The topological polar surface area (TPSA) is 24.9 Å². The third-order valence-corrected chi connectivity index (χ3v) is 6.73. The van der Waals surface area contributed by atoms with Crippen LogP contribution < -0.4 is 5.32 Å². The number of hydrogen-bond donors (Lipinski definition) is 1. The Morgan fingerprint density at radius 3 is 2.25 bits per heavy atom. The average Bonchev–Trinajstić information content (AvgIpc) is 2.40. The molecule has 0 amide bonds. The van der Waals surface area contributed by atoms with Crippen molar-refractivity contribution < 1.29 is 0 Å². The highest BCUT2D eigenvalue weighted by molar-refractivity contribution is 14.1. The standard InChI is InChI=1S/C17H23IN2/c1-11(20-16-3-2-15(18)10-19-16)17-7-12-4-13(8-17)6-14(5-12)9-17/h2-3,10-14H,4-9H2,1H3,(H,19,20). The van der Waals surface area contributed by atoms with Gasteiger partial charge in [-0.25, -0.2) is 4.98 Å². The van der Waals surface area contributed by atoms with Crippen LogP contribution in [0.25, 0.3) is 0 Å². The zero-order chi connectivity index (χ0) is 13.7. The first-order valence-corrected chi connectivity index (χ1v) is 9.09. The highest BCUT2D eigenvalue weighted by atomic mass is 127. The van der Waals surface area contributed by atoms with E-state index in [0.717, 1.165) is 23.6 Å². The van der Waals surface area contributed by atoms with E-state index in [0.29, 0.717) is 11.5 Å². The fraction of sp³-hybridized carbons (Fsp3) is 0.706. The van der Waals surface area contributed by atoms with E-state index >= 15 is 0 Å². The second kappa shape index (κ2) is 4.85. The van der Waals surface area contributed by atoms with Gasteiger partial charge in [-0.15, -0.1) is 0 Å². The first-order chi connectivity index (χ1) is 9.63. The fourth-order valence-corrected chi connectivity index (χ4v) is 5.86. The number of hydrogen-bond acceptors (Lipinski definition) is 2. The molecule has 1 aromatic heterocycles. The summed E-state index contributed by atoms with van der Waals surface area (Å²) >= 11 is 2.31. The van der Waals surface area contributed by atoms with Gasteiger partial charge in [0.05, 0.1) is 0 Å². The molecule has 4 aliphatic rings. The van der Waals surface area contributed by atoms with Crippen molar-refractivity contribution in [2.24, 2.45) is 23.2 Å². The largest absolute Gasteiger partial charge is 0.367 e. The van der Waals surface area contributed by atoms with E-state index in [2.05, 4.69) is 51.9 Å². The molecule has 3 heteroatoms. The van der Waals surface area contributed by atoms with Gasteiger partial charge in [0.1, 0.15) is 5.82 Å². The van der Waals surface area contributed by atoms with Crippen LogP contribution in [0, 0.1) is 26.7 Å². The lowest BCUT2D eigenvalue weighted by Gasteiger charge is -2.59. The third-order valence-electron chi connectivity index (χ3n) is 6.10. The first kappa shape index (κ1) is 13.4. The van der Waals surface area contributed by atoms with Crippen molar-refractivity contribution in [3.63, 3.8) is 0 Å². The van der Waals surface area contributed by atoms with Crippen LogP contribution in [0.5, 0.6) is 0 Å². The van der Waals surface area contributed by atoms with Crippen LogP contribution in [0.4, 0.5) is 5.82 Å². The van der Waals surface area contributed by atoms with E-state index in [1.807, 2.05) is 6.20 Å². The molecule has 5 rings (SSSR count). The Hall–Kier alpha value is -0.320. The van der Waals surface area contributed by atoms with E-state index in [9.17, 15) is 0 Å². The van der Waals surface area contributed by atoms with Gasteiger partial charge in [0.25, 0.3) is 0 Å². The van der Waals surface area contributed by atoms with Gasteiger partial charge < -0.3 is 5.32 Å². The summed E-state index contributed by atoms with van der Waals surface area (Å²) in [6, 6.07) is 4.82. The smallest absolute Gasteiger partial charge is 0.126 e. The summed E-state index contributed by atoms with van der Waals surface area (Å²) in [4.78, 5) is 4.53. The second-order valence-electron chi connectivity index (χ2n) is 7.51. The molecule has 4 saturated carbocycles. The minimum absolute atomic E-state index is 0.555. The van der Waals surface area contributed by atoms with Crippen molar-refractivity contribution in [3.8, 4) is 0 Å². The predicted octanol–water partition coefficient (Wildman–Crippen LogP) is 4.70. The van der Waals surface area contributed by atoms with Gasteiger partial charge in [0.15, 0.2) is 0 Å². The van der Waals surface area contributed by atoms with E-state index in [1.165, 1.54) is 42.1 Å². The molecule has 0 aliphatic heterocycles. The fourth-order valence-electron chi connectivity index (χ4n) is 5.54. The van der Waals surface area contributed by atoms with Crippen molar-refractivity contribution in [1.82, 2.24) is 4.98 Å². The Balaban J connectivity index is 1.53. The monoisotopic (exact) mass is 382 g/mol. The van der Waals surface area contributed by atoms with Crippen LogP contribution in [-0.4, -0.2) is 11.0 Å². The van der Waals surface area contributed by atoms with Crippen molar-refractivity contribution in [2.75, 3.05) is 5.32 Å². The molecule has 4 aliphatic carbocycles. The number of nitrogens with one attached hydrogen (secondary N) is 1. The molecule has 1 unspecified atom stereocenters. The molecule has 20 heavy (non-hydrogen) atoms. The van der Waals surface area contributed by atoms with Crippen LogP contribution >= 0.6 is 22.6 Å². The zero-order valence-corrected chi connectivity index (χ0v) is 14.3. The third kappa shape index (κ3) is 2.26. The number of pyridine rings is 1. The Morgan fingerprint density at radius 1 is 1.15 bits per heavy atom. The summed E-state index contributed by atoms with van der Waals surface area (Å²) in [6.07, 6.45) is 10.9. The quantitative estimate of drug-likeness (QED) is 0.767. The van der Waals surface area contributed by atoms with Gasteiger partial charge in [-0.05, 0) is 103 Å². The molecule has 1 atom stereocenters. The number of nitrogens with zero attached hydrogens (tertiary/aromatic N) is 1. The summed E-state index contributed by atoms with van der Waals surface area (Å²) in [7, 11) is 0. The first-order valence-electron chi connectivity index (χ1n) is 8.01. The Bertz CT molecular complexity index is 461. The highest BCUT2D eigenvalue weighted by Crippen LogP contribution is 2.61. The van der Waals surface area contributed by atoms with Crippen molar-refractivity contribution in [3.05, 3.63) is 21.9 Å². The highest BCUT2D eigenvalue weighted by Gasteiger charge is 2.53. The van der Waals surface area contributed by atoms with Gasteiger partial charge in [-0.1, -0.05) is 0 Å². The lowest BCUT2D eigenvalue weighted by atomic mass is 9.48. The molecular formula is C17H23IN2. The van der Waals surface area contributed by atoms with E-state index < -0.39 is 0 Å². The Labute approximate surface area is 135 Å². The molecule has 1 heterocycles. The van der Waals surface area contributed by atoms with Crippen molar-refractivity contribution in [2.45, 2.75) is 51.5 Å². The van der Waals surface area contributed by atoms with Crippen LogP contribution in [-0.2, 0) is 0 Å². The van der Waals surface area contributed by atoms with E-state index in [1.54, 1.807) is 0 Å². The van der Waals surface area contributed by atoms with Crippen molar-refractivity contribution in [1.29, 1.82) is 0 Å². The molecular weight excluding hydrogens is 359 g/mol. The lowest BCUT2D eigenvalue weighted by Crippen LogP contribution is -2.52. The summed E-state index contributed by atoms with van der Waals surface area (Å²) in [5, 5.41) is 3.71. The molecule has 0 spiro atoms. The number of rotatable bonds is 3. The number of anilines is 1. The maximum Gasteiger partial charge on any atom is 0.126 e. The molecule has 4 fully saturated rings. The van der Waals surface area contributed by atoms with Crippen LogP contribution in [0.3, 0.4) is 0 Å². The van der Waals surface area contributed by atoms with Crippen molar-refractivity contribution >= 4 is 28.4 Å². The van der Waals surface area contributed by atoms with E-state index in [4.69, 9.17) is 0 Å². The lowest BCUT2D eigenvalue weighted by molar-refractivity contribution is -0.0603. The Morgan fingerprint density at radius 2 is 1.75 bits per heavy atom. The molecule has 2 nitrogen and oxygen atoms in total. The normalized spacial score (nSPS) is 39.8. The minimum Gasteiger partial charge on any atom is -0.367 e. The maximum atomic E-state index is 4.53. The predicted molar refractivity (Wildman–Crippen MR) is 90.6 cm³/mol. The molecule has 1 aromatic rings. The van der Waals surface area contributed by atoms with Gasteiger partial charge in [0.2, 0.25) is 0 Å². The average molecular weight is 382 g/mol. The van der Waals surface area contributed by atoms with E-state index in [-0.39, 0.29) is 0 Å².